The molecule has 0 amide bonds. The van der Waals surface area contributed by atoms with Crippen LogP contribution in [-0.4, -0.2) is 26.7 Å². The zero-order chi connectivity index (χ0) is 18.0. The van der Waals surface area contributed by atoms with E-state index >= 15 is 0 Å². The highest BCUT2D eigenvalue weighted by Crippen LogP contribution is 2.48. The number of aliphatic hydroxyl groups excluding tert-OH is 1. The Morgan fingerprint density at radius 1 is 1.25 bits per heavy atom. The monoisotopic (exact) mass is 365 g/mol. The van der Waals surface area contributed by atoms with E-state index in [1.54, 1.807) is 0 Å². The van der Waals surface area contributed by atoms with Crippen molar-refractivity contribution in [1.82, 2.24) is 4.72 Å². The van der Waals surface area contributed by atoms with E-state index in [0.717, 1.165) is 43.5 Å². The quantitative estimate of drug-likeness (QED) is 0.780. The van der Waals surface area contributed by atoms with Gasteiger partial charge in [0.1, 0.15) is 0 Å². The molecule has 1 aliphatic carbocycles. The van der Waals surface area contributed by atoms with Crippen LogP contribution in [0.3, 0.4) is 0 Å². The number of aliphatic hydroxyl groups is 1. The molecule has 1 atom stereocenters. The summed E-state index contributed by atoms with van der Waals surface area (Å²) in [4.78, 5) is -0.181. The van der Waals surface area contributed by atoms with Gasteiger partial charge in [-0.15, -0.1) is 0 Å². The molecule has 2 rings (SSSR count). The van der Waals surface area contributed by atoms with Crippen molar-refractivity contribution < 1.29 is 26.7 Å². The molecule has 2 N–H and O–H groups in total. The summed E-state index contributed by atoms with van der Waals surface area (Å²) in [6.45, 7) is 2.27. The van der Waals surface area contributed by atoms with E-state index < -0.39 is 21.8 Å². The SMILES string of the molecule is CC(CCO)C1(CNS(=O)(=O)c2ccc(C(F)(F)F)cc2)CCC1. The molecule has 0 aromatic heterocycles. The first-order valence-corrected chi connectivity index (χ1v) is 9.37. The van der Waals surface area contributed by atoms with Gasteiger partial charge in [0, 0.05) is 13.2 Å². The van der Waals surface area contributed by atoms with Gasteiger partial charge in [0.05, 0.1) is 10.5 Å². The molecule has 1 aliphatic rings. The Morgan fingerprint density at radius 3 is 2.25 bits per heavy atom. The van der Waals surface area contributed by atoms with Crippen molar-refractivity contribution in [2.24, 2.45) is 11.3 Å². The van der Waals surface area contributed by atoms with Crippen molar-refractivity contribution in [1.29, 1.82) is 0 Å². The molecule has 0 spiro atoms. The second-order valence-electron chi connectivity index (χ2n) is 6.48. The van der Waals surface area contributed by atoms with Crippen LogP contribution in [0.2, 0.25) is 0 Å². The number of hydrogen-bond acceptors (Lipinski definition) is 3. The average molecular weight is 365 g/mol. The molecule has 1 aromatic carbocycles. The number of halogens is 3. The molecule has 1 unspecified atom stereocenters. The lowest BCUT2D eigenvalue weighted by Crippen LogP contribution is -2.46. The Bertz CT molecular complexity index is 652. The Morgan fingerprint density at radius 2 is 1.83 bits per heavy atom. The smallest absolute Gasteiger partial charge is 0.396 e. The molecule has 0 heterocycles. The van der Waals surface area contributed by atoms with Gasteiger partial charge in [0.15, 0.2) is 0 Å². The van der Waals surface area contributed by atoms with E-state index in [9.17, 15) is 21.6 Å². The summed E-state index contributed by atoms with van der Waals surface area (Å²) >= 11 is 0. The largest absolute Gasteiger partial charge is 0.416 e. The molecule has 1 aromatic rings. The summed E-state index contributed by atoms with van der Waals surface area (Å²) in [5, 5.41) is 9.09. The van der Waals surface area contributed by atoms with Crippen molar-refractivity contribution in [2.45, 2.75) is 43.7 Å². The van der Waals surface area contributed by atoms with Crippen LogP contribution in [0.1, 0.15) is 38.2 Å². The number of benzene rings is 1. The summed E-state index contributed by atoms with van der Waals surface area (Å²) in [5.74, 6) is 0.173. The first kappa shape index (κ1) is 19.2. The highest BCUT2D eigenvalue weighted by atomic mass is 32.2. The van der Waals surface area contributed by atoms with Gasteiger partial charge >= 0.3 is 6.18 Å². The minimum Gasteiger partial charge on any atom is -0.396 e. The molecule has 8 heteroatoms. The number of sulfonamides is 1. The fraction of sp³-hybridized carbons (Fsp3) is 0.625. The highest BCUT2D eigenvalue weighted by Gasteiger charge is 2.42. The predicted octanol–water partition coefficient (Wildman–Crippen LogP) is 3.17. The van der Waals surface area contributed by atoms with Gasteiger partial charge in [-0.05, 0) is 54.9 Å². The predicted molar refractivity (Wildman–Crippen MR) is 83.8 cm³/mol. The number of hydrogen-bond donors (Lipinski definition) is 2. The van der Waals surface area contributed by atoms with Gasteiger partial charge < -0.3 is 5.11 Å². The lowest BCUT2D eigenvalue weighted by Gasteiger charge is -2.46. The van der Waals surface area contributed by atoms with E-state index in [0.29, 0.717) is 6.42 Å². The molecule has 136 valence electrons. The van der Waals surface area contributed by atoms with Crippen LogP contribution in [0, 0.1) is 11.3 Å². The van der Waals surface area contributed by atoms with Crippen molar-refractivity contribution in [3.8, 4) is 0 Å². The van der Waals surface area contributed by atoms with Crippen molar-refractivity contribution in [3.63, 3.8) is 0 Å². The molecule has 24 heavy (non-hydrogen) atoms. The minimum atomic E-state index is -4.49. The van der Waals surface area contributed by atoms with Gasteiger partial charge in [-0.25, -0.2) is 13.1 Å². The lowest BCUT2D eigenvalue weighted by atomic mass is 9.61. The van der Waals surface area contributed by atoms with E-state index in [2.05, 4.69) is 4.72 Å². The third-order valence-corrected chi connectivity index (χ3v) is 6.48. The fourth-order valence-electron chi connectivity index (χ4n) is 3.12. The van der Waals surface area contributed by atoms with E-state index in [4.69, 9.17) is 5.11 Å². The fourth-order valence-corrected chi connectivity index (χ4v) is 4.26. The van der Waals surface area contributed by atoms with Gasteiger partial charge in [0.25, 0.3) is 0 Å². The molecule has 1 fully saturated rings. The van der Waals surface area contributed by atoms with Gasteiger partial charge in [-0.1, -0.05) is 13.3 Å². The van der Waals surface area contributed by atoms with Gasteiger partial charge in [-0.2, -0.15) is 13.2 Å². The summed E-state index contributed by atoms with van der Waals surface area (Å²) in [7, 11) is -3.86. The van der Waals surface area contributed by atoms with E-state index in [-0.39, 0.29) is 29.4 Å². The zero-order valence-electron chi connectivity index (χ0n) is 13.4. The molecule has 1 saturated carbocycles. The average Bonchev–Trinajstić information content (AvgIpc) is 2.45. The number of alkyl halides is 3. The van der Waals surface area contributed by atoms with Crippen molar-refractivity contribution in [3.05, 3.63) is 29.8 Å². The van der Waals surface area contributed by atoms with Crippen LogP contribution >= 0.6 is 0 Å². The number of rotatable bonds is 7. The Hall–Kier alpha value is -1.12. The van der Waals surface area contributed by atoms with Gasteiger partial charge in [-0.3, -0.25) is 0 Å². The molecular formula is C16H22F3NO3S. The molecule has 0 bridgehead atoms. The van der Waals surface area contributed by atoms with Crippen LogP contribution in [0.25, 0.3) is 0 Å². The Kier molecular flexibility index (Phi) is 5.61. The summed E-state index contributed by atoms with van der Waals surface area (Å²) < 4.78 is 64.8. The van der Waals surface area contributed by atoms with E-state index in [1.165, 1.54) is 0 Å². The second kappa shape index (κ2) is 7.01. The van der Waals surface area contributed by atoms with Crippen LogP contribution in [0.15, 0.2) is 29.2 Å². The maximum atomic E-state index is 12.5. The van der Waals surface area contributed by atoms with Gasteiger partial charge in [0.2, 0.25) is 10.0 Å². The standard InChI is InChI=1S/C16H22F3NO3S/c1-12(7-10-21)15(8-2-9-15)11-20-24(22,23)14-5-3-13(4-6-14)16(17,18)19/h3-6,12,20-21H,2,7-11H2,1H3. The maximum absolute atomic E-state index is 12.5. The molecule has 0 radical (unpaired) electrons. The first-order valence-electron chi connectivity index (χ1n) is 7.88. The normalized spacial score (nSPS) is 18.9. The third-order valence-electron chi connectivity index (χ3n) is 5.06. The molecule has 0 aliphatic heterocycles. The number of nitrogens with one attached hydrogen (secondary N) is 1. The van der Waals surface area contributed by atoms with E-state index in [1.807, 2.05) is 6.92 Å². The zero-order valence-corrected chi connectivity index (χ0v) is 14.3. The third kappa shape index (κ3) is 4.10. The van der Waals surface area contributed by atoms with Crippen LogP contribution in [0.4, 0.5) is 13.2 Å². The topological polar surface area (TPSA) is 66.4 Å². The van der Waals surface area contributed by atoms with Crippen LogP contribution in [0.5, 0.6) is 0 Å². The Balaban J connectivity index is 2.08. The van der Waals surface area contributed by atoms with Crippen LogP contribution < -0.4 is 4.72 Å². The Labute approximate surface area is 140 Å². The molecule has 4 nitrogen and oxygen atoms in total. The summed E-state index contributed by atoms with van der Waals surface area (Å²) in [6.07, 6.45) is -1.13. The highest BCUT2D eigenvalue weighted by molar-refractivity contribution is 7.89. The summed E-state index contributed by atoms with van der Waals surface area (Å²) in [6, 6.07) is 3.47. The lowest BCUT2D eigenvalue weighted by molar-refractivity contribution is -0.137. The maximum Gasteiger partial charge on any atom is 0.416 e. The van der Waals surface area contributed by atoms with Crippen molar-refractivity contribution >= 4 is 10.0 Å². The first-order chi connectivity index (χ1) is 11.1. The molecule has 0 saturated heterocycles. The molecular weight excluding hydrogens is 343 g/mol. The second-order valence-corrected chi connectivity index (χ2v) is 8.24. The minimum absolute atomic E-state index is 0.0502. The van der Waals surface area contributed by atoms with Crippen LogP contribution in [-0.2, 0) is 16.2 Å². The van der Waals surface area contributed by atoms with Crippen molar-refractivity contribution in [2.75, 3.05) is 13.2 Å². The summed E-state index contributed by atoms with van der Waals surface area (Å²) in [5.41, 5.74) is -1.06.